The summed E-state index contributed by atoms with van der Waals surface area (Å²) in [4.78, 5) is 16.0. The van der Waals surface area contributed by atoms with Crippen molar-refractivity contribution in [2.24, 2.45) is 0 Å². The number of carbonyl (C=O) groups is 1. The molecular formula is C15H16F2N2O2S. The van der Waals surface area contributed by atoms with E-state index in [2.05, 4.69) is 10.3 Å². The summed E-state index contributed by atoms with van der Waals surface area (Å²) in [5, 5.41) is 15.5. The minimum atomic E-state index is -1.63. The molecular weight excluding hydrogens is 310 g/mol. The zero-order valence-electron chi connectivity index (χ0n) is 12.2. The first-order valence-electron chi connectivity index (χ1n) is 6.63. The molecule has 0 aliphatic heterocycles. The maximum atomic E-state index is 13.7. The van der Waals surface area contributed by atoms with Crippen molar-refractivity contribution in [3.63, 3.8) is 0 Å². The number of aliphatic hydroxyl groups is 1. The van der Waals surface area contributed by atoms with Gasteiger partial charge in [0, 0.05) is 17.0 Å². The maximum Gasteiger partial charge on any atom is 0.226 e. The summed E-state index contributed by atoms with van der Waals surface area (Å²) in [6.07, 6.45) is 0.0896. The van der Waals surface area contributed by atoms with Gasteiger partial charge in [-0.15, -0.1) is 11.3 Å². The highest BCUT2D eigenvalue weighted by Crippen LogP contribution is 2.23. The second kappa shape index (κ2) is 6.50. The van der Waals surface area contributed by atoms with Gasteiger partial charge in [-0.25, -0.2) is 13.8 Å². The van der Waals surface area contributed by atoms with Crippen molar-refractivity contribution in [3.05, 3.63) is 51.5 Å². The molecule has 0 radical (unpaired) electrons. The average Bonchev–Trinajstić information content (AvgIpc) is 2.81. The number of amides is 1. The van der Waals surface area contributed by atoms with E-state index in [0.717, 1.165) is 11.1 Å². The average molecular weight is 326 g/mol. The molecule has 0 fully saturated rings. The normalized spacial score (nSPS) is 13.7. The van der Waals surface area contributed by atoms with Gasteiger partial charge in [0.1, 0.15) is 17.2 Å². The molecule has 0 saturated heterocycles. The Morgan fingerprint density at radius 1 is 1.45 bits per heavy atom. The number of hydrogen-bond acceptors (Lipinski definition) is 4. The molecule has 0 bridgehead atoms. The Balaban J connectivity index is 1.98. The molecule has 1 atom stereocenters. The zero-order valence-corrected chi connectivity index (χ0v) is 13.0. The molecule has 22 heavy (non-hydrogen) atoms. The largest absolute Gasteiger partial charge is 0.383 e. The van der Waals surface area contributed by atoms with Crippen LogP contribution in [0.1, 0.15) is 23.2 Å². The monoisotopic (exact) mass is 326 g/mol. The minimum Gasteiger partial charge on any atom is -0.383 e. The first-order valence-corrected chi connectivity index (χ1v) is 7.51. The Kier molecular flexibility index (Phi) is 4.87. The lowest BCUT2D eigenvalue weighted by molar-refractivity contribution is -0.121. The zero-order chi connectivity index (χ0) is 16.3. The molecule has 4 nitrogen and oxygen atoms in total. The molecule has 1 amide bonds. The molecule has 1 unspecified atom stereocenters. The first kappa shape index (κ1) is 16.5. The highest BCUT2D eigenvalue weighted by atomic mass is 32.1. The van der Waals surface area contributed by atoms with Gasteiger partial charge in [-0.05, 0) is 19.9 Å². The second-order valence-corrected chi connectivity index (χ2v) is 6.27. The van der Waals surface area contributed by atoms with Crippen LogP contribution < -0.4 is 5.32 Å². The molecule has 0 saturated carbocycles. The van der Waals surface area contributed by atoms with Gasteiger partial charge in [-0.1, -0.05) is 6.07 Å². The molecule has 0 aliphatic carbocycles. The van der Waals surface area contributed by atoms with Crippen LogP contribution in [0.2, 0.25) is 0 Å². The molecule has 118 valence electrons. The van der Waals surface area contributed by atoms with Crippen molar-refractivity contribution < 1.29 is 18.7 Å². The lowest BCUT2D eigenvalue weighted by atomic mass is 9.95. The van der Waals surface area contributed by atoms with Crippen LogP contribution in [-0.2, 0) is 16.8 Å². The van der Waals surface area contributed by atoms with Crippen LogP contribution in [-0.4, -0.2) is 22.5 Å². The van der Waals surface area contributed by atoms with Gasteiger partial charge in [-0.2, -0.15) is 0 Å². The number of aromatic nitrogens is 1. The molecule has 2 N–H and O–H groups in total. The molecule has 2 aromatic rings. The molecule has 1 heterocycles. The van der Waals surface area contributed by atoms with Crippen molar-refractivity contribution >= 4 is 17.2 Å². The van der Waals surface area contributed by atoms with Crippen molar-refractivity contribution in [1.82, 2.24) is 10.3 Å². The van der Waals surface area contributed by atoms with Crippen LogP contribution in [0, 0.1) is 18.6 Å². The van der Waals surface area contributed by atoms with E-state index < -0.39 is 17.2 Å². The number of thiazole rings is 1. The third kappa shape index (κ3) is 4.08. The van der Waals surface area contributed by atoms with Gasteiger partial charge in [-0.3, -0.25) is 4.79 Å². The maximum absolute atomic E-state index is 13.7. The topological polar surface area (TPSA) is 62.2 Å². The number of rotatable bonds is 5. The van der Waals surface area contributed by atoms with Gasteiger partial charge in [0.25, 0.3) is 0 Å². The van der Waals surface area contributed by atoms with Gasteiger partial charge in [0.2, 0.25) is 5.91 Å². The smallest absolute Gasteiger partial charge is 0.226 e. The number of nitrogens with zero attached hydrogens (tertiary/aromatic N) is 1. The number of aryl methyl sites for hydroxylation is 1. The summed E-state index contributed by atoms with van der Waals surface area (Å²) < 4.78 is 26.6. The highest BCUT2D eigenvalue weighted by Gasteiger charge is 2.27. The Morgan fingerprint density at radius 3 is 2.77 bits per heavy atom. The molecule has 1 aromatic heterocycles. The van der Waals surface area contributed by atoms with Gasteiger partial charge in [0.05, 0.1) is 23.7 Å². The van der Waals surface area contributed by atoms with Crippen LogP contribution in [0.15, 0.2) is 23.6 Å². The van der Waals surface area contributed by atoms with E-state index in [9.17, 15) is 18.7 Å². The summed E-state index contributed by atoms with van der Waals surface area (Å²) in [6, 6.07) is 2.93. The fourth-order valence-corrected chi connectivity index (χ4v) is 2.62. The van der Waals surface area contributed by atoms with E-state index in [1.807, 2.05) is 6.92 Å². The molecule has 2 rings (SSSR count). The van der Waals surface area contributed by atoms with Crippen molar-refractivity contribution in [1.29, 1.82) is 0 Å². The molecule has 0 aliphatic rings. The third-order valence-electron chi connectivity index (χ3n) is 3.15. The fraction of sp³-hybridized carbons (Fsp3) is 0.333. The van der Waals surface area contributed by atoms with Gasteiger partial charge in [0.15, 0.2) is 0 Å². The summed E-state index contributed by atoms with van der Waals surface area (Å²) in [7, 11) is 0. The number of halogens is 2. The standard InChI is InChI=1S/C15H16F2N2O2S/c1-9-19-11(7-22-9)6-14(20)18-8-15(2,21)12-4-3-10(16)5-13(12)17/h3-5,7,21H,6,8H2,1-2H3,(H,18,20). The number of benzene rings is 1. The fourth-order valence-electron chi connectivity index (χ4n) is 2.01. The first-order chi connectivity index (χ1) is 10.3. The minimum absolute atomic E-state index is 0.0706. The summed E-state index contributed by atoms with van der Waals surface area (Å²) in [5.74, 6) is -1.90. The van der Waals surface area contributed by atoms with E-state index in [0.29, 0.717) is 11.8 Å². The van der Waals surface area contributed by atoms with Crippen molar-refractivity contribution in [2.75, 3.05) is 6.54 Å². The van der Waals surface area contributed by atoms with E-state index in [4.69, 9.17) is 0 Å². The SMILES string of the molecule is Cc1nc(CC(=O)NCC(C)(O)c2ccc(F)cc2F)cs1. The van der Waals surface area contributed by atoms with Crippen LogP contribution in [0.3, 0.4) is 0 Å². The lowest BCUT2D eigenvalue weighted by Crippen LogP contribution is -2.39. The summed E-state index contributed by atoms with van der Waals surface area (Å²) >= 11 is 1.44. The Morgan fingerprint density at radius 2 is 2.18 bits per heavy atom. The summed E-state index contributed by atoms with van der Waals surface area (Å²) in [6.45, 7) is 3.02. The summed E-state index contributed by atoms with van der Waals surface area (Å²) in [5.41, 5.74) is -1.06. The molecule has 1 aromatic carbocycles. The number of nitrogens with one attached hydrogen (secondary N) is 1. The number of carbonyl (C=O) groups excluding carboxylic acids is 1. The molecule has 0 spiro atoms. The van der Waals surface area contributed by atoms with Crippen molar-refractivity contribution in [2.45, 2.75) is 25.9 Å². The number of hydrogen-bond donors (Lipinski definition) is 2. The van der Waals surface area contributed by atoms with Crippen LogP contribution in [0.5, 0.6) is 0 Å². The van der Waals surface area contributed by atoms with Crippen LogP contribution >= 0.6 is 11.3 Å². The van der Waals surface area contributed by atoms with Crippen molar-refractivity contribution in [3.8, 4) is 0 Å². The quantitative estimate of drug-likeness (QED) is 0.886. The van der Waals surface area contributed by atoms with Crippen LogP contribution in [0.4, 0.5) is 8.78 Å². The Bertz CT molecular complexity index is 686. The lowest BCUT2D eigenvalue weighted by Gasteiger charge is -2.24. The predicted octanol–water partition coefficient (Wildman–Crippen LogP) is 2.30. The second-order valence-electron chi connectivity index (χ2n) is 5.21. The third-order valence-corrected chi connectivity index (χ3v) is 3.97. The van der Waals surface area contributed by atoms with Crippen LogP contribution in [0.25, 0.3) is 0 Å². The van der Waals surface area contributed by atoms with E-state index in [-0.39, 0.29) is 24.4 Å². The Hall–Kier alpha value is -1.86. The van der Waals surface area contributed by atoms with E-state index >= 15 is 0 Å². The van der Waals surface area contributed by atoms with E-state index in [1.54, 1.807) is 5.38 Å². The molecule has 7 heteroatoms. The van der Waals surface area contributed by atoms with E-state index in [1.165, 1.54) is 24.3 Å². The highest BCUT2D eigenvalue weighted by molar-refractivity contribution is 7.09. The Labute approximate surface area is 130 Å². The van der Waals surface area contributed by atoms with Gasteiger partial charge < -0.3 is 10.4 Å². The predicted molar refractivity (Wildman–Crippen MR) is 79.5 cm³/mol. The van der Waals surface area contributed by atoms with Gasteiger partial charge >= 0.3 is 0 Å².